The summed E-state index contributed by atoms with van der Waals surface area (Å²) in [6.07, 6.45) is 0. The SMILES string of the molecule is B.F.N.O=P(O)(O)O. The summed E-state index contributed by atoms with van der Waals surface area (Å²) in [5.41, 5.74) is 0. The van der Waals surface area contributed by atoms with Crippen LogP contribution in [0.3, 0.4) is 0 Å². The standard InChI is InChI=1S/BH3.FH.H3N.H3O4P/c;;;1-5(2,3)4/h1H3;1H;1H3;(H3,1,2,3,4). The molecule has 8 heavy (non-hydrogen) atoms. The average molecular weight is 149 g/mol. The lowest BCUT2D eigenvalue weighted by atomic mass is 10.8. The van der Waals surface area contributed by atoms with Crippen LogP contribution in [0.25, 0.3) is 0 Å². The van der Waals surface area contributed by atoms with Gasteiger partial charge in [0, 0.05) is 0 Å². The van der Waals surface area contributed by atoms with Crippen LogP contribution in [0.5, 0.6) is 0 Å². The zero-order valence-corrected chi connectivity index (χ0v) is 4.21. The smallest absolute Gasteiger partial charge is 0.344 e. The van der Waals surface area contributed by atoms with Gasteiger partial charge in [-0.1, -0.05) is 0 Å². The van der Waals surface area contributed by atoms with Crippen molar-refractivity contribution >= 4 is 16.2 Å². The highest BCUT2D eigenvalue weighted by Crippen LogP contribution is 2.25. The zero-order valence-electron chi connectivity index (χ0n) is 3.31. The molecular weight excluding hydrogens is 139 g/mol. The molecule has 6 N–H and O–H groups in total. The van der Waals surface area contributed by atoms with Gasteiger partial charge in [-0.2, -0.15) is 0 Å². The molecule has 0 aliphatic heterocycles. The number of rotatable bonds is 0. The highest BCUT2D eigenvalue weighted by molar-refractivity contribution is 7.45. The van der Waals surface area contributed by atoms with Gasteiger partial charge >= 0.3 is 7.82 Å². The Bertz CT molecular complexity index is 62.2. The molecule has 8 heteroatoms. The molecule has 54 valence electrons. The second kappa shape index (κ2) is 7.06. The fraction of sp³-hybridized carbons (Fsp3) is 0. The Morgan fingerprint density at radius 3 is 1.12 bits per heavy atom. The third-order valence-corrected chi connectivity index (χ3v) is 0. The molecule has 0 saturated heterocycles. The summed E-state index contributed by atoms with van der Waals surface area (Å²) in [4.78, 5) is 21.6. The van der Waals surface area contributed by atoms with Gasteiger partial charge in [0.05, 0.1) is 8.41 Å². The monoisotopic (exact) mass is 149 g/mol. The Morgan fingerprint density at radius 1 is 1.12 bits per heavy atom. The van der Waals surface area contributed by atoms with Crippen LogP contribution in [0.15, 0.2) is 0 Å². The second-order valence-electron chi connectivity index (χ2n) is 0.513. The van der Waals surface area contributed by atoms with E-state index in [1.165, 1.54) is 0 Å². The Hall–Kier alpha value is 0.0649. The van der Waals surface area contributed by atoms with E-state index in [0.717, 1.165) is 0 Å². The summed E-state index contributed by atoms with van der Waals surface area (Å²) in [6, 6.07) is 0. The Morgan fingerprint density at radius 2 is 1.12 bits per heavy atom. The zero-order chi connectivity index (χ0) is 4.50. The van der Waals surface area contributed by atoms with Gasteiger partial charge in [-0.15, -0.1) is 0 Å². The van der Waals surface area contributed by atoms with Crippen LogP contribution in [0.1, 0.15) is 0 Å². The van der Waals surface area contributed by atoms with Crippen LogP contribution in [-0.2, 0) is 4.57 Å². The molecule has 0 aliphatic rings. The molecule has 0 aromatic heterocycles. The van der Waals surface area contributed by atoms with Gasteiger partial charge in [0.15, 0.2) is 0 Å². The Kier molecular flexibility index (Phi) is 21.5. The highest BCUT2D eigenvalue weighted by atomic mass is 31.2. The van der Waals surface area contributed by atoms with Gasteiger partial charge in [-0.05, 0) is 0 Å². The topological polar surface area (TPSA) is 113 Å². The number of hydrogen-bond donors (Lipinski definition) is 4. The molecule has 0 aromatic rings. The molecule has 0 spiro atoms. The lowest BCUT2D eigenvalue weighted by Gasteiger charge is -1.82. The predicted molar refractivity (Wildman–Crippen MR) is 31.7 cm³/mol. The van der Waals surface area contributed by atoms with Crippen molar-refractivity contribution in [1.29, 1.82) is 0 Å². The van der Waals surface area contributed by atoms with Gasteiger partial charge in [-0.3, -0.25) is 4.70 Å². The summed E-state index contributed by atoms with van der Waals surface area (Å²) in [5.74, 6) is 0. The summed E-state index contributed by atoms with van der Waals surface area (Å²) in [6.45, 7) is 0. The third kappa shape index (κ3) is 36900. The molecule has 0 heterocycles. The van der Waals surface area contributed by atoms with E-state index >= 15 is 0 Å². The van der Waals surface area contributed by atoms with Gasteiger partial charge in [0.2, 0.25) is 0 Å². The summed E-state index contributed by atoms with van der Waals surface area (Å²) in [7, 11) is -4.64. The number of hydrogen-bond acceptors (Lipinski definition) is 2. The number of phosphoric acid groups is 1. The van der Waals surface area contributed by atoms with Crippen molar-refractivity contribution in [3.63, 3.8) is 0 Å². The van der Waals surface area contributed by atoms with Crippen LogP contribution in [-0.4, -0.2) is 23.1 Å². The van der Waals surface area contributed by atoms with Crippen LogP contribution in [0, 0.1) is 0 Å². The maximum atomic E-state index is 8.88. The van der Waals surface area contributed by atoms with Crippen molar-refractivity contribution in [2.75, 3.05) is 0 Å². The second-order valence-corrected chi connectivity index (χ2v) is 1.54. The molecule has 0 aliphatic carbocycles. The van der Waals surface area contributed by atoms with E-state index in [4.69, 9.17) is 19.2 Å². The van der Waals surface area contributed by atoms with Crippen molar-refractivity contribution in [1.82, 2.24) is 6.15 Å². The Labute approximate surface area is 47.5 Å². The van der Waals surface area contributed by atoms with E-state index in [2.05, 4.69) is 0 Å². The molecule has 0 rings (SSSR count). The van der Waals surface area contributed by atoms with E-state index in [1.807, 2.05) is 0 Å². The fourth-order valence-corrected chi connectivity index (χ4v) is 0. The van der Waals surface area contributed by atoms with Gasteiger partial charge in [0.1, 0.15) is 0 Å². The molecule has 0 bridgehead atoms. The maximum Gasteiger partial charge on any atom is 0.466 e. The lowest BCUT2D eigenvalue weighted by molar-refractivity contribution is 0.275. The van der Waals surface area contributed by atoms with E-state index in [1.54, 1.807) is 0 Å². The van der Waals surface area contributed by atoms with Crippen LogP contribution in [0.2, 0.25) is 0 Å². The number of halogens is 1. The first-order valence-corrected chi connectivity index (χ1v) is 2.35. The minimum Gasteiger partial charge on any atom is -0.344 e. The van der Waals surface area contributed by atoms with Crippen molar-refractivity contribution in [2.24, 2.45) is 0 Å². The molecule has 0 saturated carbocycles. The first kappa shape index (κ1) is 24.4. The lowest BCUT2D eigenvalue weighted by Crippen LogP contribution is -1.66. The van der Waals surface area contributed by atoms with E-state index in [0.29, 0.717) is 0 Å². The first-order valence-electron chi connectivity index (χ1n) is 0.783. The maximum absolute atomic E-state index is 8.88. The largest absolute Gasteiger partial charge is 0.466 e. The molecular formula is H10BFNO4P. The molecule has 0 fully saturated rings. The minimum absolute atomic E-state index is 0. The summed E-state index contributed by atoms with van der Waals surface area (Å²) < 4.78 is 8.88. The predicted octanol–water partition coefficient (Wildman–Crippen LogP) is -1.80. The van der Waals surface area contributed by atoms with Crippen LogP contribution >= 0.6 is 7.82 Å². The molecule has 5 nitrogen and oxygen atoms in total. The van der Waals surface area contributed by atoms with Crippen molar-refractivity contribution in [2.45, 2.75) is 0 Å². The average Bonchev–Trinajstić information content (AvgIpc) is 0.722. The van der Waals surface area contributed by atoms with Gasteiger partial charge in [-0.25, -0.2) is 4.57 Å². The first-order chi connectivity index (χ1) is 2.00. The van der Waals surface area contributed by atoms with Crippen LogP contribution < -0.4 is 6.15 Å². The fourth-order valence-electron chi connectivity index (χ4n) is 0. The summed E-state index contributed by atoms with van der Waals surface area (Å²) in [5, 5.41) is 0. The van der Waals surface area contributed by atoms with E-state index < -0.39 is 7.82 Å². The Balaban J connectivity index is -0.0000000267. The van der Waals surface area contributed by atoms with E-state index in [9.17, 15) is 0 Å². The van der Waals surface area contributed by atoms with Gasteiger partial charge < -0.3 is 20.8 Å². The van der Waals surface area contributed by atoms with Crippen molar-refractivity contribution in [3.8, 4) is 0 Å². The molecule has 0 radical (unpaired) electrons. The van der Waals surface area contributed by atoms with Crippen molar-refractivity contribution < 1.29 is 23.9 Å². The molecule has 0 unspecified atom stereocenters. The summed E-state index contributed by atoms with van der Waals surface area (Å²) >= 11 is 0. The van der Waals surface area contributed by atoms with Crippen molar-refractivity contribution in [3.05, 3.63) is 0 Å². The normalized spacial score (nSPS) is 7.38. The third-order valence-electron chi connectivity index (χ3n) is 0. The highest BCUT2D eigenvalue weighted by Gasteiger charge is 2.00. The molecule has 0 aromatic carbocycles. The molecule has 0 atom stereocenters. The minimum atomic E-state index is -4.64. The van der Waals surface area contributed by atoms with Gasteiger partial charge in [0.25, 0.3) is 0 Å². The van der Waals surface area contributed by atoms with E-state index in [-0.39, 0.29) is 19.3 Å². The molecule has 0 amide bonds. The quantitative estimate of drug-likeness (QED) is 0.239. The van der Waals surface area contributed by atoms with Crippen LogP contribution in [0.4, 0.5) is 4.70 Å².